The summed E-state index contributed by atoms with van der Waals surface area (Å²) in [5.74, 6) is 0.949. The quantitative estimate of drug-likeness (QED) is 0.770. The summed E-state index contributed by atoms with van der Waals surface area (Å²) >= 11 is 1.73. The fraction of sp³-hybridized carbons (Fsp3) is 0.667. The SMILES string of the molecule is c1csc(CNCC2CCC2)n1. The standard InChI is InChI=1S/C9H14N2S/c1-2-8(3-1)6-10-7-9-11-4-5-12-9/h4-5,8,10H,1-3,6-7H2. The van der Waals surface area contributed by atoms with Gasteiger partial charge in [0, 0.05) is 18.1 Å². The van der Waals surface area contributed by atoms with Crippen LogP contribution >= 0.6 is 11.3 Å². The van der Waals surface area contributed by atoms with Gasteiger partial charge in [0.2, 0.25) is 0 Å². The highest BCUT2D eigenvalue weighted by molar-refractivity contribution is 7.09. The van der Waals surface area contributed by atoms with Crippen LogP contribution in [0.3, 0.4) is 0 Å². The second kappa shape index (κ2) is 4.01. The molecule has 0 aromatic carbocycles. The van der Waals surface area contributed by atoms with Gasteiger partial charge in [-0.1, -0.05) is 6.42 Å². The Morgan fingerprint density at radius 3 is 3.08 bits per heavy atom. The molecule has 3 heteroatoms. The smallest absolute Gasteiger partial charge is 0.106 e. The lowest BCUT2D eigenvalue weighted by Gasteiger charge is -2.25. The van der Waals surface area contributed by atoms with Crippen LogP contribution in [0.5, 0.6) is 0 Å². The van der Waals surface area contributed by atoms with Crippen LogP contribution in [0.15, 0.2) is 11.6 Å². The van der Waals surface area contributed by atoms with E-state index in [-0.39, 0.29) is 0 Å². The molecule has 0 bridgehead atoms. The molecule has 0 unspecified atom stereocenters. The maximum absolute atomic E-state index is 4.21. The van der Waals surface area contributed by atoms with Gasteiger partial charge in [0.25, 0.3) is 0 Å². The van der Waals surface area contributed by atoms with Crippen molar-refractivity contribution in [3.63, 3.8) is 0 Å². The van der Waals surface area contributed by atoms with Crippen LogP contribution in [0.25, 0.3) is 0 Å². The summed E-state index contributed by atoms with van der Waals surface area (Å²) in [6.45, 7) is 2.13. The van der Waals surface area contributed by atoms with Gasteiger partial charge in [-0.25, -0.2) is 4.98 Å². The van der Waals surface area contributed by atoms with Gasteiger partial charge in [-0.3, -0.25) is 0 Å². The number of nitrogens with one attached hydrogen (secondary N) is 1. The molecule has 1 aromatic heterocycles. The van der Waals surface area contributed by atoms with Crippen LogP contribution in [0, 0.1) is 5.92 Å². The summed E-state index contributed by atoms with van der Waals surface area (Å²) in [5.41, 5.74) is 0. The maximum atomic E-state index is 4.21. The van der Waals surface area contributed by atoms with E-state index in [0.717, 1.165) is 12.5 Å². The van der Waals surface area contributed by atoms with Crippen molar-refractivity contribution in [1.82, 2.24) is 10.3 Å². The zero-order valence-corrected chi connectivity index (χ0v) is 7.94. The minimum absolute atomic E-state index is 0.949. The normalized spacial score (nSPS) is 17.7. The monoisotopic (exact) mass is 182 g/mol. The lowest BCUT2D eigenvalue weighted by Crippen LogP contribution is -2.26. The highest BCUT2D eigenvalue weighted by Gasteiger charge is 2.16. The van der Waals surface area contributed by atoms with E-state index in [9.17, 15) is 0 Å². The molecule has 1 saturated carbocycles. The third-order valence-corrected chi connectivity index (χ3v) is 3.20. The van der Waals surface area contributed by atoms with E-state index >= 15 is 0 Å². The first-order valence-corrected chi connectivity index (χ1v) is 5.42. The molecule has 0 saturated heterocycles. The molecule has 1 aromatic rings. The largest absolute Gasteiger partial charge is 0.310 e. The Balaban J connectivity index is 1.62. The first-order chi connectivity index (χ1) is 5.95. The van der Waals surface area contributed by atoms with Gasteiger partial charge < -0.3 is 5.32 Å². The van der Waals surface area contributed by atoms with Crippen LogP contribution in [0.4, 0.5) is 0 Å². The van der Waals surface area contributed by atoms with Crippen molar-refractivity contribution < 1.29 is 0 Å². The number of nitrogens with zero attached hydrogens (tertiary/aromatic N) is 1. The highest BCUT2D eigenvalue weighted by atomic mass is 32.1. The molecule has 0 amide bonds. The summed E-state index contributed by atoms with van der Waals surface area (Å²) in [6, 6.07) is 0. The van der Waals surface area contributed by atoms with Gasteiger partial charge in [-0.05, 0) is 25.3 Å². The van der Waals surface area contributed by atoms with Gasteiger partial charge in [0.1, 0.15) is 5.01 Å². The third kappa shape index (κ3) is 2.05. The number of aromatic nitrogens is 1. The van der Waals surface area contributed by atoms with Crippen LogP contribution in [-0.2, 0) is 6.54 Å². The third-order valence-electron chi connectivity index (χ3n) is 2.42. The highest BCUT2D eigenvalue weighted by Crippen LogP contribution is 2.25. The van der Waals surface area contributed by atoms with E-state index in [4.69, 9.17) is 0 Å². The first kappa shape index (κ1) is 8.20. The predicted octanol–water partition coefficient (Wildman–Crippen LogP) is 2.03. The molecule has 12 heavy (non-hydrogen) atoms. The average molecular weight is 182 g/mol. The maximum Gasteiger partial charge on any atom is 0.106 e. The summed E-state index contributed by atoms with van der Waals surface area (Å²) in [6.07, 6.45) is 6.14. The molecular formula is C9H14N2S. The molecule has 1 fully saturated rings. The summed E-state index contributed by atoms with van der Waals surface area (Å²) in [4.78, 5) is 4.21. The number of rotatable bonds is 4. The molecule has 1 aliphatic rings. The van der Waals surface area contributed by atoms with Gasteiger partial charge in [-0.2, -0.15) is 0 Å². The predicted molar refractivity (Wildman–Crippen MR) is 51.2 cm³/mol. The average Bonchev–Trinajstić information content (AvgIpc) is 2.46. The van der Waals surface area contributed by atoms with Crippen molar-refractivity contribution >= 4 is 11.3 Å². The second-order valence-corrected chi connectivity index (χ2v) is 4.33. The number of hydrogen-bond acceptors (Lipinski definition) is 3. The van der Waals surface area contributed by atoms with Crippen molar-refractivity contribution in [2.75, 3.05) is 6.54 Å². The van der Waals surface area contributed by atoms with Gasteiger partial charge in [0.15, 0.2) is 0 Å². The van der Waals surface area contributed by atoms with E-state index in [1.807, 2.05) is 11.6 Å². The van der Waals surface area contributed by atoms with Crippen LogP contribution in [0.2, 0.25) is 0 Å². The lowest BCUT2D eigenvalue weighted by atomic mass is 9.85. The zero-order valence-electron chi connectivity index (χ0n) is 7.12. The molecule has 2 rings (SSSR count). The Morgan fingerprint density at radius 1 is 1.58 bits per heavy atom. The van der Waals surface area contributed by atoms with E-state index in [0.29, 0.717) is 0 Å². The molecule has 0 radical (unpaired) electrons. The summed E-state index contributed by atoms with van der Waals surface area (Å²) < 4.78 is 0. The molecule has 0 aliphatic heterocycles. The van der Waals surface area contributed by atoms with E-state index in [2.05, 4.69) is 10.3 Å². The minimum Gasteiger partial charge on any atom is -0.310 e. The Morgan fingerprint density at radius 2 is 2.50 bits per heavy atom. The Kier molecular flexibility index (Phi) is 2.74. The van der Waals surface area contributed by atoms with E-state index < -0.39 is 0 Å². The lowest BCUT2D eigenvalue weighted by molar-refractivity contribution is 0.301. The Labute approximate surface area is 77.0 Å². The molecular weight excluding hydrogens is 168 g/mol. The van der Waals surface area contributed by atoms with Crippen LogP contribution < -0.4 is 5.32 Å². The zero-order chi connectivity index (χ0) is 8.23. The van der Waals surface area contributed by atoms with Gasteiger partial charge in [0.05, 0.1) is 0 Å². The van der Waals surface area contributed by atoms with Crippen molar-refractivity contribution in [3.05, 3.63) is 16.6 Å². The molecule has 0 atom stereocenters. The van der Waals surface area contributed by atoms with Gasteiger partial charge in [-0.15, -0.1) is 11.3 Å². The fourth-order valence-corrected chi connectivity index (χ4v) is 2.01. The van der Waals surface area contributed by atoms with Crippen molar-refractivity contribution in [2.45, 2.75) is 25.8 Å². The van der Waals surface area contributed by atoms with Crippen LogP contribution in [0.1, 0.15) is 24.3 Å². The van der Waals surface area contributed by atoms with Gasteiger partial charge >= 0.3 is 0 Å². The second-order valence-electron chi connectivity index (χ2n) is 3.35. The molecule has 1 aliphatic carbocycles. The topological polar surface area (TPSA) is 24.9 Å². The fourth-order valence-electron chi connectivity index (χ4n) is 1.42. The van der Waals surface area contributed by atoms with E-state index in [1.165, 1.54) is 30.8 Å². The summed E-state index contributed by atoms with van der Waals surface area (Å²) in [7, 11) is 0. The van der Waals surface area contributed by atoms with Crippen molar-refractivity contribution in [2.24, 2.45) is 5.92 Å². The first-order valence-electron chi connectivity index (χ1n) is 4.54. The Hall–Kier alpha value is -0.410. The molecule has 1 heterocycles. The minimum atomic E-state index is 0.949. The summed E-state index contributed by atoms with van der Waals surface area (Å²) in [5, 5.41) is 6.67. The molecule has 66 valence electrons. The Bertz CT molecular complexity index is 216. The van der Waals surface area contributed by atoms with Crippen LogP contribution in [-0.4, -0.2) is 11.5 Å². The molecule has 2 nitrogen and oxygen atoms in total. The molecule has 1 N–H and O–H groups in total. The van der Waals surface area contributed by atoms with Crippen molar-refractivity contribution in [3.8, 4) is 0 Å². The molecule has 0 spiro atoms. The van der Waals surface area contributed by atoms with E-state index in [1.54, 1.807) is 11.3 Å². The number of thiazole rings is 1. The number of hydrogen-bond donors (Lipinski definition) is 1. The van der Waals surface area contributed by atoms with Crippen molar-refractivity contribution in [1.29, 1.82) is 0 Å².